The molecular formula is C22H23ClN4O3S2. The van der Waals surface area contributed by atoms with Gasteiger partial charge in [0.05, 0.1) is 23.2 Å². The second-order valence-corrected chi connectivity index (χ2v) is 10.8. The molecule has 2 aromatic heterocycles. The molecule has 3 heterocycles. The van der Waals surface area contributed by atoms with E-state index in [1.807, 2.05) is 29.6 Å². The number of rotatable bonds is 6. The van der Waals surface area contributed by atoms with Gasteiger partial charge in [0.25, 0.3) is 0 Å². The summed E-state index contributed by atoms with van der Waals surface area (Å²) in [6.45, 7) is 2.04. The van der Waals surface area contributed by atoms with Gasteiger partial charge in [-0.15, -0.1) is 11.3 Å². The molecule has 0 bridgehead atoms. The van der Waals surface area contributed by atoms with Crippen molar-refractivity contribution < 1.29 is 13.2 Å². The number of hydrogen-bond donors (Lipinski definition) is 1. The number of pyridine rings is 1. The lowest BCUT2D eigenvalue weighted by Gasteiger charge is -2.23. The molecule has 1 amide bonds. The third-order valence-corrected chi connectivity index (χ3v) is 8.22. The number of nitrogens with zero attached hydrogens (tertiary/aromatic N) is 3. The van der Waals surface area contributed by atoms with Gasteiger partial charge >= 0.3 is 0 Å². The molecule has 0 spiro atoms. The normalized spacial score (nSPS) is 15.3. The van der Waals surface area contributed by atoms with E-state index in [0.717, 1.165) is 10.7 Å². The number of aromatic nitrogens is 1. The lowest BCUT2D eigenvalue weighted by atomic mass is 10.3. The molecule has 1 aliphatic heterocycles. The Morgan fingerprint density at radius 1 is 1.06 bits per heavy atom. The van der Waals surface area contributed by atoms with Crippen molar-refractivity contribution in [2.24, 2.45) is 0 Å². The molecule has 0 unspecified atom stereocenters. The number of thiophene rings is 1. The Kier molecular flexibility index (Phi) is 7.10. The van der Waals surface area contributed by atoms with E-state index in [4.69, 9.17) is 11.6 Å². The van der Waals surface area contributed by atoms with Gasteiger partial charge in [-0.1, -0.05) is 17.7 Å². The highest BCUT2D eigenvalue weighted by molar-refractivity contribution is 7.89. The van der Waals surface area contributed by atoms with Gasteiger partial charge in [0, 0.05) is 36.1 Å². The minimum atomic E-state index is -3.57. The molecule has 1 saturated heterocycles. The van der Waals surface area contributed by atoms with E-state index in [0.29, 0.717) is 49.7 Å². The fraction of sp³-hybridized carbons (Fsp3) is 0.273. The van der Waals surface area contributed by atoms with Crippen LogP contribution in [0.2, 0.25) is 5.02 Å². The first kappa shape index (κ1) is 22.7. The van der Waals surface area contributed by atoms with Crippen molar-refractivity contribution in [2.45, 2.75) is 17.7 Å². The maximum Gasteiger partial charge on any atom is 0.243 e. The van der Waals surface area contributed by atoms with Crippen LogP contribution < -0.4 is 10.2 Å². The number of carbonyl (C=O) groups is 1. The molecule has 0 saturated carbocycles. The van der Waals surface area contributed by atoms with E-state index in [9.17, 15) is 13.2 Å². The molecule has 4 rings (SSSR count). The Hall–Kier alpha value is -2.46. The topological polar surface area (TPSA) is 82.6 Å². The first-order valence-electron chi connectivity index (χ1n) is 10.2. The van der Waals surface area contributed by atoms with Gasteiger partial charge in [-0.25, -0.2) is 13.4 Å². The maximum atomic E-state index is 13.0. The second-order valence-electron chi connectivity index (χ2n) is 7.41. The van der Waals surface area contributed by atoms with Gasteiger partial charge in [0.2, 0.25) is 15.9 Å². The SMILES string of the molecule is O=C(Cc1cccs1)Nc1ccc(N2CCCN(S(=O)(=O)c3ccc(Cl)cc3)CC2)nc1. The number of carbonyl (C=O) groups excluding carboxylic acids is 1. The fourth-order valence-electron chi connectivity index (χ4n) is 3.54. The minimum absolute atomic E-state index is 0.0835. The van der Waals surface area contributed by atoms with E-state index in [1.165, 1.54) is 16.4 Å². The average Bonchev–Trinajstić information content (AvgIpc) is 3.15. The van der Waals surface area contributed by atoms with E-state index in [1.54, 1.807) is 29.7 Å². The highest BCUT2D eigenvalue weighted by atomic mass is 35.5. The van der Waals surface area contributed by atoms with Crippen molar-refractivity contribution in [1.82, 2.24) is 9.29 Å². The second kappa shape index (κ2) is 9.99. The number of halogens is 1. The summed E-state index contributed by atoms with van der Waals surface area (Å²) < 4.78 is 27.4. The summed E-state index contributed by atoms with van der Waals surface area (Å²) in [5.41, 5.74) is 0.636. The smallest absolute Gasteiger partial charge is 0.243 e. The number of amides is 1. The number of hydrogen-bond acceptors (Lipinski definition) is 6. The summed E-state index contributed by atoms with van der Waals surface area (Å²) >= 11 is 7.44. The monoisotopic (exact) mass is 490 g/mol. The zero-order valence-electron chi connectivity index (χ0n) is 17.3. The number of sulfonamides is 1. The predicted molar refractivity (Wildman–Crippen MR) is 128 cm³/mol. The Morgan fingerprint density at radius 2 is 1.88 bits per heavy atom. The quantitative estimate of drug-likeness (QED) is 0.567. The third kappa shape index (κ3) is 5.47. The molecule has 0 atom stereocenters. The summed E-state index contributed by atoms with van der Waals surface area (Å²) in [5.74, 6) is 0.673. The van der Waals surface area contributed by atoms with E-state index in [2.05, 4.69) is 15.2 Å². The Balaban J connectivity index is 1.37. The molecule has 168 valence electrons. The summed E-state index contributed by atoms with van der Waals surface area (Å²) in [7, 11) is -3.57. The maximum absolute atomic E-state index is 13.0. The van der Waals surface area contributed by atoms with Crippen molar-refractivity contribution in [3.63, 3.8) is 0 Å². The van der Waals surface area contributed by atoms with Crippen LogP contribution in [0.5, 0.6) is 0 Å². The largest absolute Gasteiger partial charge is 0.355 e. The van der Waals surface area contributed by atoms with Crippen LogP contribution in [0.15, 0.2) is 65.0 Å². The molecular weight excluding hydrogens is 468 g/mol. The van der Waals surface area contributed by atoms with Crippen molar-refractivity contribution in [3.05, 3.63) is 70.0 Å². The highest BCUT2D eigenvalue weighted by Gasteiger charge is 2.27. The summed E-state index contributed by atoms with van der Waals surface area (Å²) in [6, 6.07) is 13.8. The molecule has 0 aliphatic carbocycles. The van der Waals surface area contributed by atoms with E-state index < -0.39 is 10.0 Å². The van der Waals surface area contributed by atoms with Gasteiger partial charge in [0.1, 0.15) is 5.82 Å². The van der Waals surface area contributed by atoms with E-state index in [-0.39, 0.29) is 10.8 Å². The van der Waals surface area contributed by atoms with Crippen molar-refractivity contribution >= 4 is 50.4 Å². The van der Waals surface area contributed by atoms with Gasteiger partial charge in [0.15, 0.2) is 0 Å². The molecule has 1 fully saturated rings. The van der Waals surface area contributed by atoms with Crippen LogP contribution in [0.4, 0.5) is 11.5 Å². The number of nitrogens with one attached hydrogen (secondary N) is 1. The minimum Gasteiger partial charge on any atom is -0.355 e. The highest BCUT2D eigenvalue weighted by Crippen LogP contribution is 2.22. The summed E-state index contributed by atoms with van der Waals surface area (Å²) in [6.07, 6.45) is 2.66. The average molecular weight is 491 g/mol. The molecule has 7 nitrogen and oxygen atoms in total. The van der Waals surface area contributed by atoms with Crippen LogP contribution in [0, 0.1) is 0 Å². The Bertz CT molecular complexity index is 1150. The molecule has 10 heteroatoms. The van der Waals surface area contributed by atoms with Crippen molar-refractivity contribution in [2.75, 3.05) is 36.4 Å². The lowest BCUT2D eigenvalue weighted by molar-refractivity contribution is -0.115. The van der Waals surface area contributed by atoms with Crippen LogP contribution in [0.3, 0.4) is 0 Å². The van der Waals surface area contributed by atoms with Gasteiger partial charge in [-0.2, -0.15) is 4.31 Å². The summed E-state index contributed by atoms with van der Waals surface area (Å²) in [4.78, 5) is 20.0. The number of benzene rings is 1. The number of anilines is 2. The van der Waals surface area contributed by atoms with Gasteiger partial charge in [-0.3, -0.25) is 4.79 Å². The fourth-order valence-corrected chi connectivity index (χ4v) is 5.84. The summed E-state index contributed by atoms with van der Waals surface area (Å²) in [5, 5.41) is 5.31. The lowest BCUT2D eigenvalue weighted by Crippen LogP contribution is -2.35. The third-order valence-electron chi connectivity index (χ3n) is 5.18. The standard InChI is InChI=1S/C22H23ClN4O3S2/c23-17-4-7-20(8-5-17)32(29,30)27-11-2-10-26(12-13-27)21-9-6-18(16-24-21)25-22(28)15-19-3-1-14-31-19/h1,3-9,14,16H,2,10-13,15H2,(H,25,28). The predicted octanol–water partition coefficient (Wildman–Crippen LogP) is 3.88. The molecule has 1 aromatic carbocycles. The molecule has 0 radical (unpaired) electrons. The molecule has 32 heavy (non-hydrogen) atoms. The zero-order valence-corrected chi connectivity index (χ0v) is 19.7. The van der Waals surface area contributed by atoms with Crippen LogP contribution >= 0.6 is 22.9 Å². The van der Waals surface area contributed by atoms with Crippen LogP contribution in [0.25, 0.3) is 0 Å². The molecule has 3 aromatic rings. The Morgan fingerprint density at radius 3 is 2.56 bits per heavy atom. The van der Waals surface area contributed by atoms with Crippen LogP contribution in [0.1, 0.15) is 11.3 Å². The van der Waals surface area contributed by atoms with Crippen LogP contribution in [-0.4, -0.2) is 49.8 Å². The van der Waals surface area contributed by atoms with Gasteiger partial charge in [-0.05, 0) is 54.3 Å². The van der Waals surface area contributed by atoms with Crippen molar-refractivity contribution in [1.29, 1.82) is 0 Å². The van der Waals surface area contributed by atoms with Gasteiger partial charge < -0.3 is 10.2 Å². The zero-order chi connectivity index (χ0) is 22.6. The molecule has 1 N–H and O–H groups in total. The van der Waals surface area contributed by atoms with Crippen molar-refractivity contribution in [3.8, 4) is 0 Å². The first-order valence-corrected chi connectivity index (χ1v) is 12.9. The molecule has 1 aliphatic rings. The van der Waals surface area contributed by atoms with Crippen LogP contribution in [-0.2, 0) is 21.2 Å². The first-order chi connectivity index (χ1) is 15.4. The van der Waals surface area contributed by atoms with E-state index >= 15 is 0 Å². The Labute approximate surface area is 196 Å².